The average Bonchev–Trinajstić information content (AvgIpc) is 3.14. The van der Waals surface area contributed by atoms with E-state index >= 15 is 0 Å². The summed E-state index contributed by atoms with van der Waals surface area (Å²) in [5.74, 6) is -1.00. The summed E-state index contributed by atoms with van der Waals surface area (Å²) >= 11 is 0. The van der Waals surface area contributed by atoms with E-state index < -0.39 is 11.6 Å². The zero-order valence-corrected chi connectivity index (χ0v) is 16.6. The molecule has 5 heteroatoms. The highest BCUT2D eigenvalue weighted by Crippen LogP contribution is 2.60. The lowest BCUT2D eigenvalue weighted by Crippen LogP contribution is -2.35. The summed E-state index contributed by atoms with van der Waals surface area (Å²) in [6, 6.07) is 13.3. The molecule has 28 heavy (non-hydrogen) atoms. The van der Waals surface area contributed by atoms with Crippen molar-refractivity contribution in [2.45, 2.75) is 57.7 Å². The molecule has 4 rings (SSSR count). The minimum absolute atomic E-state index is 0.0703. The lowest BCUT2D eigenvalue weighted by molar-refractivity contribution is 0.0172. The number of carboxylic acid groups (broad SMARTS) is 1. The second-order valence-corrected chi connectivity index (χ2v) is 8.72. The third-order valence-electron chi connectivity index (χ3n) is 5.61. The molecule has 0 aromatic heterocycles. The van der Waals surface area contributed by atoms with Crippen LogP contribution in [0.3, 0.4) is 0 Å². The van der Waals surface area contributed by atoms with Crippen molar-refractivity contribution >= 4 is 12.1 Å². The number of benzene rings is 2. The fourth-order valence-corrected chi connectivity index (χ4v) is 4.63. The van der Waals surface area contributed by atoms with Crippen molar-refractivity contribution < 1.29 is 19.4 Å². The molecule has 2 aromatic carbocycles. The average molecular weight is 379 g/mol. The number of hydrogen-bond acceptors (Lipinski definition) is 3. The fourth-order valence-electron chi connectivity index (χ4n) is 4.63. The van der Waals surface area contributed by atoms with Gasteiger partial charge in [0.1, 0.15) is 5.60 Å². The van der Waals surface area contributed by atoms with E-state index in [1.54, 1.807) is 6.07 Å². The van der Waals surface area contributed by atoms with Crippen LogP contribution in [-0.4, -0.2) is 27.7 Å². The summed E-state index contributed by atoms with van der Waals surface area (Å²) in [6.45, 7) is 7.46. The largest absolute Gasteiger partial charge is 0.478 e. The Labute approximate surface area is 164 Å². The van der Waals surface area contributed by atoms with Crippen LogP contribution in [0.4, 0.5) is 4.79 Å². The maximum absolute atomic E-state index is 13.0. The Morgan fingerprint density at radius 2 is 1.75 bits per heavy atom. The Hall–Kier alpha value is -2.82. The van der Waals surface area contributed by atoms with E-state index in [1.165, 1.54) is 0 Å². The molecule has 2 aliphatic heterocycles. The summed E-state index contributed by atoms with van der Waals surface area (Å²) in [7, 11) is 0. The maximum atomic E-state index is 13.0. The van der Waals surface area contributed by atoms with Gasteiger partial charge in [0, 0.05) is 5.92 Å². The minimum Gasteiger partial charge on any atom is -0.478 e. The first-order valence-electron chi connectivity index (χ1n) is 9.61. The molecule has 2 aromatic rings. The van der Waals surface area contributed by atoms with E-state index in [0.29, 0.717) is 12.0 Å². The van der Waals surface area contributed by atoms with Crippen LogP contribution >= 0.6 is 0 Å². The smallest absolute Gasteiger partial charge is 0.411 e. The maximum Gasteiger partial charge on any atom is 0.411 e. The van der Waals surface area contributed by atoms with Crippen molar-refractivity contribution in [3.05, 3.63) is 70.3 Å². The second-order valence-electron chi connectivity index (χ2n) is 8.72. The van der Waals surface area contributed by atoms with Gasteiger partial charge in [-0.05, 0) is 56.9 Å². The zero-order valence-electron chi connectivity index (χ0n) is 16.6. The van der Waals surface area contributed by atoms with Gasteiger partial charge in [0.2, 0.25) is 0 Å². The molecule has 2 unspecified atom stereocenters. The van der Waals surface area contributed by atoms with Crippen molar-refractivity contribution in [2.24, 2.45) is 0 Å². The Bertz CT molecular complexity index is 959. The first-order chi connectivity index (χ1) is 13.2. The van der Waals surface area contributed by atoms with Crippen molar-refractivity contribution in [1.82, 2.24) is 4.90 Å². The molecule has 1 amide bonds. The van der Waals surface area contributed by atoms with Crippen LogP contribution in [0.1, 0.15) is 77.8 Å². The van der Waals surface area contributed by atoms with E-state index in [9.17, 15) is 14.7 Å². The molecule has 146 valence electrons. The van der Waals surface area contributed by atoms with Gasteiger partial charge in [0.15, 0.2) is 0 Å². The molecule has 2 aliphatic rings. The molecule has 0 spiro atoms. The van der Waals surface area contributed by atoms with Gasteiger partial charge in [0.05, 0.1) is 17.6 Å². The number of carbonyl (C=O) groups excluding carboxylic acids is 1. The Balaban J connectivity index is 1.79. The topological polar surface area (TPSA) is 66.8 Å². The Kier molecular flexibility index (Phi) is 4.21. The van der Waals surface area contributed by atoms with Crippen LogP contribution in [-0.2, 0) is 4.74 Å². The minimum atomic E-state index is -0.932. The standard InChI is InChI=1S/C23H25NO4/c1-13-9-10-14(18(11-13)21(25)26)17-12-19-15-7-5-6-8-16(15)20(17)24(19)22(27)28-23(2,3)4/h5-11,17,19-20H,12H2,1-4H3,(H,25,26)/t17-,19?,20?/m0/s1. The van der Waals surface area contributed by atoms with Crippen molar-refractivity contribution in [3.63, 3.8) is 0 Å². The van der Waals surface area contributed by atoms with Gasteiger partial charge in [0.25, 0.3) is 0 Å². The third-order valence-corrected chi connectivity index (χ3v) is 5.61. The summed E-state index contributed by atoms with van der Waals surface area (Å²) in [6.07, 6.45) is 0.356. The number of amides is 1. The first kappa shape index (κ1) is 18.5. The van der Waals surface area contributed by atoms with Gasteiger partial charge in [-0.2, -0.15) is 0 Å². The number of nitrogens with zero attached hydrogens (tertiary/aromatic N) is 1. The second kappa shape index (κ2) is 6.36. The molecule has 2 heterocycles. The lowest BCUT2D eigenvalue weighted by atomic mass is 9.78. The molecule has 5 nitrogen and oxygen atoms in total. The van der Waals surface area contributed by atoms with Gasteiger partial charge in [-0.1, -0.05) is 42.0 Å². The molecule has 0 aliphatic carbocycles. The van der Waals surface area contributed by atoms with Crippen molar-refractivity contribution in [1.29, 1.82) is 0 Å². The molecule has 1 N–H and O–H groups in total. The van der Waals surface area contributed by atoms with Gasteiger partial charge in [-0.15, -0.1) is 0 Å². The summed E-state index contributed by atoms with van der Waals surface area (Å²) in [5.41, 5.74) is 3.66. The normalized spacial score (nSPS) is 22.9. The summed E-state index contributed by atoms with van der Waals surface area (Å²) in [4.78, 5) is 26.7. The lowest BCUT2D eigenvalue weighted by Gasteiger charge is -2.29. The fraction of sp³-hybridized carbons (Fsp3) is 0.391. The quantitative estimate of drug-likeness (QED) is 0.777. The van der Waals surface area contributed by atoms with E-state index in [2.05, 4.69) is 6.07 Å². The molecule has 1 fully saturated rings. The monoisotopic (exact) mass is 379 g/mol. The van der Waals surface area contributed by atoms with Crippen molar-refractivity contribution in [3.8, 4) is 0 Å². The number of aromatic carboxylic acids is 1. The Morgan fingerprint density at radius 1 is 1.07 bits per heavy atom. The number of aryl methyl sites for hydroxylation is 1. The van der Waals surface area contributed by atoms with E-state index in [0.717, 1.165) is 22.3 Å². The van der Waals surface area contributed by atoms with Crippen LogP contribution in [0, 0.1) is 6.92 Å². The van der Waals surface area contributed by atoms with E-state index in [-0.39, 0.29) is 24.1 Å². The number of carboxylic acids is 1. The molecular weight excluding hydrogens is 354 g/mol. The number of fused-ring (bicyclic) bond motifs is 5. The number of hydrogen-bond donors (Lipinski definition) is 1. The summed E-state index contributed by atoms with van der Waals surface area (Å²) < 4.78 is 5.69. The van der Waals surface area contributed by atoms with Gasteiger partial charge in [-0.3, -0.25) is 4.90 Å². The first-order valence-corrected chi connectivity index (χ1v) is 9.61. The SMILES string of the molecule is Cc1ccc([C@@H]2CC3c4ccccc4C2N3C(=O)OC(C)(C)C)c(C(=O)O)c1. The number of ether oxygens (including phenoxy) is 1. The van der Waals surface area contributed by atoms with Crippen LogP contribution < -0.4 is 0 Å². The number of rotatable bonds is 2. The Morgan fingerprint density at radius 3 is 2.39 bits per heavy atom. The predicted octanol–water partition coefficient (Wildman–Crippen LogP) is 5.21. The molecule has 2 bridgehead atoms. The highest BCUT2D eigenvalue weighted by atomic mass is 16.6. The van der Waals surface area contributed by atoms with Gasteiger partial charge < -0.3 is 9.84 Å². The van der Waals surface area contributed by atoms with Crippen LogP contribution in [0.5, 0.6) is 0 Å². The zero-order chi connectivity index (χ0) is 20.2. The molecule has 0 radical (unpaired) electrons. The summed E-state index contributed by atoms with van der Waals surface area (Å²) in [5, 5.41) is 9.74. The highest BCUT2D eigenvalue weighted by Gasteiger charge is 2.53. The molecule has 3 atom stereocenters. The highest BCUT2D eigenvalue weighted by molar-refractivity contribution is 5.90. The van der Waals surface area contributed by atoms with Crippen molar-refractivity contribution in [2.75, 3.05) is 0 Å². The predicted molar refractivity (Wildman–Crippen MR) is 105 cm³/mol. The van der Waals surface area contributed by atoms with Crippen LogP contribution in [0.15, 0.2) is 42.5 Å². The molecular formula is C23H25NO4. The number of carbonyl (C=O) groups is 2. The van der Waals surface area contributed by atoms with Crippen LogP contribution in [0.2, 0.25) is 0 Å². The molecule has 0 saturated carbocycles. The van der Waals surface area contributed by atoms with Gasteiger partial charge >= 0.3 is 12.1 Å². The van der Waals surface area contributed by atoms with Gasteiger partial charge in [-0.25, -0.2) is 9.59 Å². The molecule has 1 saturated heterocycles. The van der Waals surface area contributed by atoms with E-state index in [4.69, 9.17) is 4.74 Å². The van der Waals surface area contributed by atoms with Crippen LogP contribution in [0.25, 0.3) is 0 Å². The third kappa shape index (κ3) is 2.95. The van der Waals surface area contributed by atoms with E-state index in [1.807, 2.05) is 62.9 Å².